The number of carbonyl (C=O) groups is 1. The summed E-state index contributed by atoms with van der Waals surface area (Å²) in [7, 11) is 0. The number of hydrogen-bond acceptors (Lipinski definition) is 4. The van der Waals surface area contributed by atoms with Crippen molar-refractivity contribution < 1.29 is 9.53 Å². The van der Waals surface area contributed by atoms with Crippen LogP contribution in [0.25, 0.3) is 0 Å². The van der Waals surface area contributed by atoms with E-state index in [4.69, 9.17) is 10.6 Å². The predicted molar refractivity (Wildman–Crippen MR) is 55.8 cm³/mol. The average Bonchev–Trinajstić information content (AvgIpc) is 2.69. The number of hydrazine groups is 1. The molecule has 0 aliphatic heterocycles. The minimum absolute atomic E-state index is 0.193. The molecule has 5 heteroatoms. The minimum atomic E-state index is -0.193. The zero-order valence-corrected chi connectivity index (χ0v) is 8.68. The summed E-state index contributed by atoms with van der Waals surface area (Å²) in [6.07, 6.45) is 1.23. The molecule has 1 amide bonds. The van der Waals surface area contributed by atoms with E-state index >= 15 is 0 Å². The molecule has 0 saturated carbocycles. The topological polar surface area (TPSA) is 64.3 Å². The molecule has 14 heavy (non-hydrogen) atoms. The highest BCUT2D eigenvalue weighted by atomic mass is 32.1. The molecule has 4 nitrogen and oxygen atoms in total. The van der Waals surface area contributed by atoms with Gasteiger partial charge in [0, 0.05) is 11.3 Å². The summed E-state index contributed by atoms with van der Waals surface area (Å²) in [5.41, 5.74) is 2.05. The van der Waals surface area contributed by atoms with E-state index in [0.29, 0.717) is 19.6 Å². The zero-order chi connectivity index (χ0) is 10.2. The Morgan fingerprint density at radius 3 is 3.07 bits per heavy atom. The minimum Gasteiger partial charge on any atom is -0.381 e. The molecule has 0 fully saturated rings. The summed E-state index contributed by atoms with van der Waals surface area (Å²) >= 11 is 1.71. The Morgan fingerprint density at radius 2 is 2.43 bits per heavy atom. The number of nitrogens with two attached hydrogens (primary N) is 1. The number of carbonyl (C=O) groups excluding carboxylic acids is 1. The lowest BCUT2D eigenvalue weighted by molar-refractivity contribution is -0.122. The standard InChI is InChI=1S/C9H14N2O2S/c10-11-9(12)4-6-13-5-3-8-2-1-7-14-8/h1-2,7H,3-6,10H2,(H,11,12). The molecule has 0 aliphatic carbocycles. The monoisotopic (exact) mass is 214 g/mol. The fourth-order valence-corrected chi connectivity index (χ4v) is 1.66. The quantitative estimate of drug-likeness (QED) is 0.317. The number of thiophene rings is 1. The van der Waals surface area contributed by atoms with Crippen LogP contribution in [-0.2, 0) is 16.0 Å². The van der Waals surface area contributed by atoms with Crippen molar-refractivity contribution in [2.45, 2.75) is 12.8 Å². The lowest BCUT2D eigenvalue weighted by Gasteiger charge is -2.01. The Hall–Kier alpha value is -0.910. The summed E-state index contributed by atoms with van der Waals surface area (Å²) in [5.74, 6) is 4.72. The first-order valence-corrected chi connectivity index (χ1v) is 5.30. The predicted octanol–water partition coefficient (Wildman–Crippen LogP) is 0.687. The molecule has 1 aromatic heterocycles. The van der Waals surface area contributed by atoms with Gasteiger partial charge in [0.2, 0.25) is 5.91 Å². The van der Waals surface area contributed by atoms with Crippen LogP contribution >= 0.6 is 11.3 Å². The van der Waals surface area contributed by atoms with E-state index < -0.39 is 0 Å². The molecule has 3 N–H and O–H groups in total. The molecular formula is C9H14N2O2S. The van der Waals surface area contributed by atoms with Crippen LogP contribution in [0.1, 0.15) is 11.3 Å². The van der Waals surface area contributed by atoms with E-state index in [1.807, 2.05) is 11.4 Å². The molecule has 0 bridgehead atoms. The first-order valence-electron chi connectivity index (χ1n) is 4.42. The van der Waals surface area contributed by atoms with Crippen molar-refractivity contribution in [1.29, 1.82) is 0 Å². The van der Waals surface area contributed by atoms with Gasteiger partial charge in [-0.3, -0.25) is 10.2 Å². The molecule has 0 atom stereocenters. The first kappa shape index (κ1) is 11.2. The van der Waals surface area contributed by atoms with Crippen LogP contribution in [0, 0.1) is 0 Å². The van der Waals surface area contributed by atoms with Crippen molar-refractivity contribution in [3.05, 3.63) is 22.4 Å². The van der Waals surface area contributed by atoms with Crippen molar-refractivity contribution in [2.24, 2.45) is 5.84 Å². The number of nitrogens with one attached hydrogen (secondary N) is 1. The van der Waals surface area contributed by atoms with Crippen LogP contribution in [0.5, 0.6) is 0 Å². The highest BCUT2D eigenvalue weighted by Gasteiger charge is 1.98. The second-order valence-corrected chi connectivity index (χ2v) is 3.79. The number of rotatable bonds is 6. The van der Waals surface area contributed by atoms with Crippen LogP contribution in [0.4, 0.5) is 0 Å². The molecule has 0 spiro atoms. The van der Waals surface area contributed by atoms with Crippen LogP contribution in [0.15, 0.2) is 17.5 Å². The lowest BCUT2D eigenvalue weighted by atomic mass is 10.3. The number of ether oxygens (including phenoxy) is 1. The highest BCUT2D eigenvalue weighted by Crippen LogP contribution is 2.08. The fraction of sp³-hybridized carbons (Fsp3) is 0.444. The van der Waals surface area contributed by atoms with Gasteiger partial charge in [0.25, 0.3) is 0 Å². The second kappa shape index (κ2) is 6.53. The number of hydrogen-bond donors (Lipinski definition) is 2. The van der Waals surface area contributed by atoms with E-state index in [2.05, 4.69) is 11.5 Å². The van der Waals surface area contributed by atoms with E-state index in [0.717, 1.165) is 6.42 Å². The van der Waals surface area contributed by atoms with Gasteiger partial charge >= 0.3 is 0 Å². The molecule has 0 radical (unpaired) electrons. The third-order valence-corrected chi connectivity index (χ3v) is 2.64. The normalized spacial score (nSPS) is 10.1. The van der Waals surface area contributed by atoms with Crippen molar-refractivity contribution in [3.63, 3.8) is 0 Å². The first-order chi connectivity index (χ1) is 6.83. The second-order valence-electron chi connectivity index (χ2n) is 2.76. The Morgan fingerprint density at radius 1 is 1.57 bits per heavy atom. The summed E-state index contributed by atoms with van der Waals surface area (Å²) in [6, 6.07) is 4.09. The van der Waals surface area contributed by atoms with Gasteiger partial charge < -0.3 is 4.74 Å². The van der Waals surface area contributed by atoms with Crippen molar-refractivity contribution in [3.8, 4) is 0 Å². The Labute approximate surface area is 87.0 Å². The van der Waals surface area contributed by atoms with Gasteiger partial charge in [-0.1, -0.05) is 6.07 Å². The van der Waals surface area contributed by atoms with Crippen LogP contribution in [0.2, 0.25) is 0 Å². The Kier molecular flexibility index (Phi) is 5.21. The molecule has 0 aromatic carbocycles. The SMILES string of the molecule is NNC(=O)CCOCCc1cccs1. The van der Waals surface area contributed by atoms with Crippen LogP contribution < -0.4 is 11.3 Å². The summed E-state index contributed by atoms with van der Waals surface area (Å²) in [4.78, 5) is 12.0. The van der Waals surface area contributed by atoms with E-state index in [1.54, 1.807) is 11.3 Å². The summed E-state index contributed by atoms with van der Waals surface area (Å²) < 4.78 is 5.27. The maximum absolute atomic E-state index is 10.7. The van der Waals surface area contributed by atoms with Gasteiger partial charge in [-0.15, -0.1) is 11.3 Å². The molecular weight excluding hydrogens is 200 g/mol. The number of amides is 1. The summed E-state index contributed by atoms with van der Waals surface area (Å²) in [5, 5.41) is 2.04. The van der Waals surface area contributed by atoms with E-state index in [1.165, 1.54) is 4.88 Å². The molecule has 0 unspecified atom stereocenters. The van der Waals surface area contributed by atoms with Gasteiger partial charge in [-0.2, -0.15) is 0 Å². The zero-order valence-electron chi connectivity index (χ0n) is 7.86. The lowest BCUT2D eigenvalue weighted by Crippen LogP contribution is -2.30. The molecule has 1 heterocycles. The fourth-order valence-electron chi connectivity index (χ4n) is 0.967. The van der Waals surface area contributed by atoms with Crippen molar-refractivity contribution in [1.82, 2.24) is 5.43 Å². The third kappa shape index (κ3) is 4.36. The van der Waals surface area contributed by atoms with Crippen molar-refractivity contribution >= 4 is 17.2 Å². The molecule has 0 saturated heterocycles. The molecule has 0 aliphatic rings. The van der Waals surface area contributed by atoms with E-state index in [-0.39, 0.29) is 5.91 Å². The maximum Gasteiger partial charge on any atom is 0.236 e. The third-order valence-electron chi connectivity index (χ3n) is 1.71. The molecule has 1 aromatic rings. The van der Waals surface area contributed by atoms with Gasteiger partial charge in [0.1, 0.15) is 0 Å². The smallest absolute Gasteiger partial charge is 0.236 e. The average molecular weight is 214 g/mol. The highest BCUT2D eigenvalue weighted by molar-refractivity contribution is 7.09. The molecule has 78 valence electrons. The van der Waals surface area contributed by atoms with Gasteiger partial charge in [0.15, 0.2) is 0 Å². The Bertz CT molecular complexity index is 262. The maximum atomic E-state index is 10.7. The van der Waals surface area contributed by atoms with Gasteiger partial charge in [-0.05, 0) is 11.4 Å². The van der Waals surface area contributed by atoms with Crippen LogP contribution in [0.3, 0.4) is 0 Å². The Balaban J connectivity index is 1.97. The van der Waals surface area contributed by atoms with Crippen molar-refractivity contribution in [2.75, 3.05) is 13.2 Å². The van der Waals surface area contributed by atoms with E-state index in [9.17, 15) is 4.79 Å². The van der Waals surface area contributed by atoms with Gasteiger partial charge in [-0.25, -0.2) is 5.84 Å². The van der Waals surface area contributed by atoms with Gasteiger partial charge in [0.05, 0.1) is 19.6 Å². The largest absolute Gasteiger partial charge is 0.381 e. The summed E-state index contributed by atoms with van der Waals surface area (Å²) in [6.45, 7) is 1.08. The van der Waals surface area contributed by atoms with Crippen LogP contribution in [-0.4, -0.2) is 19.1 Å². The molecule has 1 rings (SSSR count).